The van der Waals surface area contributed by atoms with Gasteiger partial charge in [-0.05, 0) is 25.5 Å². The molecule has 4 heteroatoms. The van der Waals surface area contributed by atoms with Gasteiger partial charge in [0, 0.05) is 28.5 Å². The first-order valence-electron chi connectivity index (χ1n) is 6.34. The standard InChI is InChI=1S/C14H21N3S/c1-10(2)16-7-13-6-15-9-17(13)8-14-5-11(3)12(4)18-14/h5-6,9-10,16H,7-8H2,1-4H3. The number of aromatic nitrogens is 2. The summed E-state index contributed by atoms with van der Waals surface area (Å²) in [5.41, 5.74) is 2.63. The molecule has 0 amide bonds. The largest absolute Gasteiger partial charge is 0.328 e. The lowest BCUT2D eigenvalue weighted by atomic mass is 10.3. The number of nitrogens with one attached hydrogen (secondary N) is 1. The van der Waals surface area contributed by atoms with Crippen molar-refractivity contribution in [3.63, 3.8) is 0 Å². The normalized spacial score (nSPS) is 11.4. The molecule has 0 unspecified atom stereocenters. The summed E-state index contributed by atoms with van der Waals surface area (Å²) in [5, 5.41) is 3.43. The average molecular weight is 263 g/mol. The van der Waals surface area contributed by atoms with Gasteiger partial charge in [-0.2, -0.15) is 0 Å². The molecular weight excluding hydrogens is 242 g/mol. The van der Waals surface area contributed by atoms with Gasteiger partial charge >= 0.3 is 0 Å². The number of hydrogen-bond acceptors (Lipinski definition) is 3. The lowest BCUT2D eigenvalue weighted by Crippen LogP contribution is -2.23. The predicted octanol–water partition coefficient (Wildman–Crippen LogP) is 3.11. The minimum absolute atomic E-state index is 0.500. The minimum Gasteiger partial charge on any atom is -0.328 e. The molecule has 0 spiro atoms. The average Bonchev–Trinajstić information content (AvgIpc) is 2.85. The summed E-state index contributed by atoms with van der Waals surface area (Å²) in [6, 6.07) is 2.78. The fraction of sp³-hybridized carbons (Fsp3) is 0.500. The molecule has 2 heterocycles. The van der Waals surface area contributed by atoms with Crippen molar-refractivity contribution in [1.82, 2.24) is 14.9 Å². The molecule has 0 saturated heterocycles. The van der Waals surface area contributed by atoms with E-state index in [-0.39, 0.29) is 0 Å². The highest BCUT2D eigenvalue weighted by atomic mass is 32.1. The molecule has 0 aliphatic heterocycles. The molecule has 18 heavy (non-hydrogen) atoms. The summed E-state index contributed by atoms with van der Waals surface area (Å²) in [7, 11) is 0. The SMILES string of the molecule is Cc1cc(Cn2cncc2CNC(C)C)sc1C. The molecule has 0 fully saturated rings. The molecule has 0 aliphatic carbocycles. The van der Waals surface area contributed by atoms with Gasteiger partial charge < -0.3 is 9.88 Å². The predicted molar refractivity (Wildman–Crippen MR) is 77.1 cm³/mol. The fourth-order valence-electron chi connectivity index (χ4n) is 1.84. The van der Waals surface area contributed by atoms with Crippen LogP contribution in [0.2, 0.25) is 0 Å². The first-order valence-corrected chi connectivity index (χ1v) is 7.16. The lowest BCUT2D eigenvalue weighted by Gasteiger charge is -2.10. The van der Waals surface area contributed by atoms with E-state index in [1.54, 1.807) is 0 Å². The molecule has 0 aliphatic rings. The number of thiophene rings is 1. The van der Waals surface area contributed by atoms with Crippen molar-refractivity contribution >= 4 is 11.3 Å². The monoisotopic (exact) mass is 263 g/mol. The fourth-order valence-corrected chi connectivity index (χ4v) is 2.89. The number of hydrogen-bond donors (Lipinski definition) is 1. The zero-order chi connectivity index (χ0) is 13.1. The molecule has 2 rings (SSSR count). The summed E-state index contributed by atoms with van der Waals surface area (Å²) >= 11 is 1.88. The zero-order valence-corrected chi connectivity index (χ0v) is 12.3. The first-order chi connectivity index (χ1) is 8.56. The Bertz CT molecular complexity index is 491. The molecule has 0 bridgehead atoms. The summed E-state index contributed by atoms with van der Waals surface area (Å²) in [5.74, 6) is 0. The van der Waals surface area contributed by atoms with E-state index >= 15 is 0 Å². The van der Waals surface area contributed by atoms with Gasteiger partial charge in [0.25, 0.3) is 0 Å². The van der Waals surface area contributed by atoms with Crippen LogP contribution in [-0.2, 0) is 13.1 Å². The van der Waals surface area contributed by atoms with Gasteiger partial charge in [0.2, 0.25) is 0 Å². The number of rotatable bonds is 5. The maximum absolute atomic E-state index is 4.25. The second-order valence-electron chi connectivity index (χ2n) is 5.00. The van der Waals surface area contributed by atoms with Crippen molar-refractivity contribution in [2.24, 2.45) is 0 Å². The van der Waals surface area contributed by atoms with Crippen LogP contribution >= 0.6 is 11.3 Å². The van der Waals surface area contributed by atoms with Gasteiger partial charge in [-0.25, -0.2) is 4.98 Å². The summed E-state index contributed by atoms with van der Waals surface area (Å²) in [6.07, 6.45) is 3.87. The van der Waals surface area contributed by atoms with Crippen LogP contribution in [-0.4, -0.2) is 15.6 Å². The van der Waals surface area contributed by atoms with E-state index in [1.165, 1.54) is 21.0 Å². The van der Waals surface area contributed by atoms with E-state index < -0.39 is 0 Å². The second-order valence-corrected chi connectivity index (χ2v) is 6.34. The van der Waals surface area contributed by atoms with Crippen molar-refractivity contribution in [1.29, 1.82) is 0 Å². The Kier molecular flexibility index (Phi) is 4.19. The Balaban J connectivity index is 2.07. The number of aryl methyl sites for hydroxylation is 2. The maximum atomic E-state index is 4.25. The number of imidazole rings is 1. The van der Waals surface area contributed by atoms with Crippen LogP contribution in [0.1, 0.15) is 34.9 Å². The third-order valence-corrected chi connectivity index (χ3v) is 4.17. The summed E-state index contributed by atoms with van der Waals surface area (Å²) in [4.78, 5) is 7.06. The van der Waals surface area contributed by atoms with Gasteiger partial charge in [-0.1, -0.05) is 13.8 Å². The van der Waals surface area contributed by atoms with E-state index in [9.17, 15) is 0 Å². The first kappa shape index (κ1) is 13.3. The smallest absolute Gasteiger partial charge is 0.0952 e. The molecule has 2 aromatic heterocycles. The molecule has 3 nitrogen and oxygen atoms in total. The van der Waals surface area contributed by atoms with Gasteiger partial charge in [-0.3, -0.25) is 0 Å². The van der Waals surface area contributed by atoms with Crippen molar-refractivity contribution in [3.05, 3.63) is 39.6 Å². The molecule has 98 valence electrons. The van der Waals surface area contributed by atoms with E-state index in [2.05, 4.69) is 48.6 Å². The highest BCUT2D eigenvalue weighted by molar-refractivity contribution is 7.12. The molecule has 1 N–H and O–H groups in total. The molecular formula is C14H21N3S. The Morgan fingerprint density at radius 1 is 1.39 bits per heavy atom. The van der Waals surface area contributed by atoms with Crippen molar-refractivity contribution in [2.75, 3.05) is 0 Å². The van der Waals surface area contributed by atoms with Crippen LogP contribution in [0, 0.1) is 13.8 Å². The van der Waals surface area contributed by atoms with Crippen LogP contribution < -0.4 is 5.32 Å². The Hall–Kier alpha value is -1.13. The van der Waals surface area contributed by atoms with E-state index in [4.69, 9.17) is 0 Å². The van der Waals surface area contributed by atoms with E-state index in [0.717, 1.165) is 13.1 Å². The highest BCUT2D eigenvalue weighted by Crippen LogP contribution is 2.21. The topological polar surface area (TPSA) is 29.9 Å². The van der Waals surface area contributed by atoms with Crippen LogP contribution in [0.25, 0.3) is 0 Å². The Labute approximate surface area is 113 Å². The van der Waals surface area contributed by atoms with Gasteiger partial charge in [0.1, 0.15) is 0 Å². The number of nitrogens with zero attached hydrogens (tertiary/aromatic N) is 2. The maximum Gasteiger partial charge on any atom is 0.0952 e. The third kappa shape index (κ3) is 3.21. The van der Waals surface area contributed by atoms with Crippen LogP contribution in [0.15, 0.2) is 18.6 Å². The summed E-state index contributed by atoms with van der Waals surface area (Å²) in [6.45, 7) is 10.5. The lowest BCUT2D eigenvalue weighted by molar-refractivity contribution is 0.565. The summed E-state index contributed by atoms with van der Waals surface area (Å²) < 4.78 is 2.22. The minimum atomic E-state index is 0.500. The van der Waals surface area contributed by atoms with Gasteiger partial charge in [0.15, 0.2) is 0 Å². The van der Waals surface area contributed by atoms with Crippen molar-refractivity contribution in [3.8, 4) is 0 Å². The van der Waals surface area contributed by atoms with E-state index in [1.807, 2.05) is 23.9 Å². The van der Waals surface area contributed by atoms with Crippen molar-refractivity contribution in [2.45, 2.75) is 46.8 Å². The molecule has 0 aromatic carbocycles. The van der Waals surface area contributed by atoms with Crippen LogP contribution in [0.3, 0.4) is 0 Å². The molecule has 0 radical (unpaired) electrons. The van der Waals surface area contributed by atoms with Crippen molar-refractivity contribution < 1.29 is 0 Å². The Morgan fingerprint density at radius 3 is 2.78 bits per heavy atom. The molecule has 0 saturated carbocycles. The highest BCUT2D eigenvalue weighted by Gasteiger charge is 2.06. The Morgan fingerprint density at radius 2 is 2.17 bits per heavy atom. The second kappa shape index (κ2) is 5.67. The van der Waals surface area contributed by atoms with Crippen LogP contribution in [0.4, 0.5) is 0 Å². The van der Waals surface area contributed by atoms with Crippen LogP contribution in [0.5, 0.6) is 0 Å². The quantitative estimate of drug-likeness (QED) is 0.898. The third-order valence-electron chi connectivity index (χ3n) is 3.03. The van der Waals surface area contributed by atoms with Gasteiger partial charge in [0.05, 0.1) is 18.6 Å². The zero-order valence-electron chi connectivity index (χ0n) is 11.5. The van der Waals surface area contributed by atoms with E-state index in [0.29, 0.717) is 6.04 Å². The van der Waals surface area contributed by atoms with Gasteiger partial charge in [-0.15, -0.1) is 11.3 Å². The molecule has 2 aromatic rings. The molecule has 0 atom stereocenters.